The number of nitrogens with one attached hydrogen (secondary N) is 1. The van der Waals surface area contributed by atoms with Gasteiger partial charge in [-0.3, -0.25) is 4.79 Å². The first-order valence-corrected chi connectivity index (χ1v) is 8.02. The van der Waals surface area contributed by atoms with Crippen molar-refractivity contribution in [2.75, 3.05) is 31.5 Å². The normalized spacial score (nSPS) is 11.0. The van der Waals surface area contributed by atoms with Crippen LogP contribution in [0.5, 0.6) is 0 Å². The van der Waals surface area contributed by atoms with Gasteiger partial charge in [0.2, 0.25) is 0 Å². The fourth-order valence-corrected chi connectivity index (χ4v) is 2.98. The molecule has 0 amide bonds. The van der Waals surface area contributed by atoms with E-state index in [-0.39, 0.29) is 6.42 Å². The van der Waals surface area contributed by atoms with Gasteiger partial charge in [-0.2, -0.15) is 0 Å². The Hall–Kier alpha value is -1.14. The van der Waals surface area contributed by atoms with Gasteiger partial charge < -0.3 is 15.3 Å². The quantitative estimate of drug-likeness (QED) is 0.650. The van der Waals surface area contributed by atoms with Crippen molar-refractivity contribution in [2.24, 2.45) is 0 Å². The zero-order chi connectivity index (χ0) is 15.0. The van der Waals surface area contributed by atoms with Crippen molar-refractivity contribution in [3.63, 3.8) is 0 Å². The number of carbonyl (C=O) groups is 1. The third-order valence-corrected chi connectivity index (χ3v) is 4.39. The number of anilines is 1. The van der Waals surface area contributed by atoms with Crippen LogP contribution in [0.15, 0.2) is 0 Å². The van der Waals surface area contributed by atoms with Crippen molar-refractivity contribution in [1.29, 1.82) is 0 Å². The summed E-state index contributed by atoms with van der Waals surface area (Å²) in [6, 6.07) is 0. The maximum atomic E-state index is 10.7. The van der Waals surface area contributed by atoms with E-state index in [9.17, 15) is 4.79 Å². The lowest BCUT2D eigenvalue weighted by atomic mass is 10.3. The average molecular weight is 299 g/mol. The van der Waals surface area contributed by atoms with Crippen LogP contribution in [0, 0.1) is 6.92 Å². The fraction of sp³-hybridized carbons (Fsp3) is 0.714. The Labute approximate surface area is 125 Å². The minimum atomic E-state index is -0.803. The number of carboxylic acid groups (broad SMARTS) is 1. The molecule has 1 aromatic heterocycles. The Morgan fingerprint density at radius 2 is 2.05 bits per heavy atom. The molecule has 5 nitrogen and oxygen atoms in total. The zero-order valence-corrected chi connectivity index (χ0v) is 13.4. The predicted octanol–water partition coefficient (Wildman–Crippen LogP) is 2.61. The number of aromatic nitrogens is 1. The van der Waals surface area contributed by atoms with E-state index in [2.05, 4.69) is 29.0 Å². The summed E-state index contributed by atoms with van der Waals surface area (Å²) >= 11 is 1.45. The van der Waals surface area contributed by atoms with Crippen molar-refractivity contribution < 1.29 is 9.90 Å². The third-order valence-electron chi connectivity index (χ3n) is 3.28. The number of rotatable bonds is 10. The summed E-state index contributed by atoms with van der Waals surface area (Å²) in [6.07, 6.45) is 2.33. The van der Waals surface area contributed by atoms with Crippen LogP contribution >= 0.6 is 11.3 Å². The Balaban J connectivity index is 2.27. The van der Waals surface area contributed by atoms with E-state index in [0.29, 0.717) is 0 Å². The molecule has 0 aromatic carbocycles. The van der Waals surface area contributed by atoms with E-state index in [1.807, 2.05) is 6.92 Å². The molecule has 114 valence electrons. The Bertz CT molecular complexity index is 417. The van der Waals surface area contributed by atoms with Crippen molar-refractivity contribution in [2.45, 2.75) is 40.0 Å². The maximum absolute atomic E-state index is 10.7. The second kappa shape index (κ2) is 8.92. The Morgan fingerprint density at radius 3 is 2.65 bits per heavy atom. The smallest absolute Gasteiger partial charge is 0.308 e. The van der Waals surface area contributed by atoms with Crippen molar-refractivity contribution >= 4 is 22.4 Å². The van der Waals surface area contributed by atoms with Crippen molar-refractivity contribution in [3.8, 4) is 0 Å². The lowest BCUT2D eigenvalue weighted by Crippen LogP contribution is -2.24. The highest BCUT2D eigenvalue weighted by atomic mass is 32.1. The number of thiazole rings is 1. The van der Waals surface area contributed by atoms with Crippen molar-refractivity contribution in [1.82, 2.24) is 9.88 Å². The summed E-state index contributed by atoms with van der Waals surface area (Å²) in [4.78, 5) is 18.3. The molecule has 0 aliphatic heterocycles. The first-order valence-electron chi connectivity index (χ1n) is 7.21. The molecule has 1 rings (SSSR count). The van der Waals surface area contributed by atoms with Crippen LogP contribution in [0.1, 0.15) is 37.3 Å². The van der Waals surface area contributed by atoms with Gasteiger partial charge in [0.15, 0.2) is 5.13 Å². The summed E-state index contributed by atoms with van der Waals surface area (Å²) in [5.74, 6) is -0.803. The third kappa shape index (κ3) is 5.88. The number of hydrogen-bond acceptors (Lipinski definition) is 5. The molecule has 0 radical (unpaired) electrons. The summed E-state index contributed by atoms with van der Waals surface area (Å²) in [7, 11) is 0. The topological polar surface area (TPSA) is 65.5 Å². The monoisotopic (exact) mass is 299 g/mol. The number of carboxylic acids is 1. The van der Waals surface area contributed by atoms with E-state index in [4.69, 9.17) is 5.11 Å². The molecule has 0 unspecified atom stereocenters. The predicted molar refractivity (Wildman–Crippen MR) is 83.7 cm³/mol. The van der Waals surface area contributed by atoms with Crippen LogP contribution in [0.25, 0.3) is 0 Å². The van der Waals surface area contributed by atoms with Gasteiger partial charge in [-0.15, -0.1) is 11.3 Å². The number of unbranched alkanes of at least 4 members (excludes halogenated alkanes) is 1. The first kappa shape index (κ1) is 16.9. The molecule has 0 fully saturated rings. The summed E-state index contributed by atoms with van der Waals surface area (Å²) in [5, 5.41) is 12.9. The highest BCUT2D eigenvalue weighted by Gasteiger charge is 2.10. The van der Waals surface area contributed by atoms with Gasteiger partial charge in [0.25, 0.3) is 0 Å². The van der Waals surface area contributed by atoms with E-state index < -0.39 is 5.97 Å². The van der Waals surface area contributed by atoms with Crippen LogP contribution in [0.3, 0.4) is 0 Å². The van der Waals surface area contributed by atoms with E-state index in [0.717, 1.165) is 48.3 Å². The Kier molecular flexibility index (Phi) is 7.54. The number of hydrogen-bond donors (Lipinski definition) is 2. The highest BCUT2D eigenvalue weighted by molar-refractivity contribution is 7.15. The molecule has 2 N–H and O–H groups in total. The number of aryl methyl sites for hydroxylation is 1. The minimum absolute atomic E-state index is 0.0626. The van der Waals surface area contributed by atoms with Crippen LogP contribution in [-0.2, 0) is 11.2 Å². The van der Waals surface area contributed by atoms with Gasteiger partial charge in [0.05, 0.1) is 12.1 Å². The lowest BCUT2D eigenvalue weighted by Gasteiger charge is -2.17. The largest absolute Gasteiger partial charge is 0.481 e. The molecule has 0 saturated carbocycles. The molecule has 6 heteroatoms. The SMILES string of the molecule is CCN(CC)CCCCNc1nc(C)c(CC(=O)O)s1. The first-order chi connectivity index (χ1) is 9.56. The van der Waals surface area contributed by atoms with Crippen LogP contribution < -0.4 is 5.32 Å². The fourth-order valence-electron chi connectivity index (χ4n) is 2.00. The van der Waals surface area contributed by atoms with Gasteiger partial charge in [-0.1, -0.05) is 13.8 Å². The van der Waals surface area contributed by atoms with E-state index in [1.165, 1.54) is 17.8 Å². The average Bonchev–Trinajstić information content (AvgIpc) is 2.74. The molecule has 20 heavy (non-hydrogen) atoms. The number of aliphatic carboxylic acids is 1. The van der Waals surface area contributed by atoms with Crippen LogP contribution in [0.4, 0.5) is 5.13 Å². The minimum Gasteiger partial charge on any atom is -0.481 e. The van der Waals surface area contributed by atoms with Crippen molar-refractivity contribution in [3.05, 3.63) is 10.6 Å². The van der Waals surface area contributed by atoms with Gasteiger partial charge in [-0.05, 0) is 39.4 Å². The standard InChI is InChI=1S/C14H25N3O2S/c1-4-17(5-2)9-7-6-8-15-14-16-11(3)12(20-14)10-13(18)19/h4-10H2,1-3H3,(H,15,16)(H,18,19). The maximum Gasteiger partial charge on any atom is 0.308 e. The molecule has 0 atom stereocenters. The summed E-state index contributed by atoms with van der Waals surface area (Å²) < 4.78 is 0. The molecular weight excluding hydrogens is 274 g/mol. The van der Waals surface area contributed by atoms with E-state index in [1.54, 1.807) is 0 Å². The molecule has 0 aliphatic rings. The van der Waals surface area contributed by atoms with E-state index >= 15 is 0 Å². The molecule has 1 aromatic rings. The van der Waals surface area contributed by atoms with Gasteiger partial charge >= 0.3 is 5.97 Å². The molecule has 0 bridgehead atoms. The second-order valence-corrected chi connectivity index (χ2v) is 5.84. The summed E-state index contributed by atoms with van der Waals surface area (Å²) in [5.41, 5.74) is 0.822. The molecule has 0 spiro atoms. The van der Waals surface area contributed by atoms with Gasteiger partial charge in [0.1, 0.15) is 0 Å². The van der Waals surface area contributed by atoms with Gasteiger partial charge in [-0.25, -0.2) is 4.98 Å². The van der Waals surface area contributed by atoms with Crippen LogP contribution in [-0.4, -0.2) is 47.1 Å². The Morgan fingerprint density at radius 1 is 1.35 bits per heavy atom. The van der Waals surface area contributed by atoms with Gasteiger partial charge in [0, 0.05) is 11.4 Å². The molecule has 0 aliphatic carbocycles. The summed E-state index contributed by atoms with van der Waals surface area (Å²) in [6.45, 7) is 10.5. The zero-order valence-electron chi connectivity index (χ0n) is 12.6. The molecule has 1 heterocycles. The van der Waals surface area contributed by atoms with Crippen LogP contribution in [0.2, 0.25) is 0 Å². The lowest BCUT2D eigenvalue weighted by molar-refractivity contribution is -0.136. The highest BCUT2D eigenvalue weighted by Crippen LogP contribution is 2.22. The molecule has 0 saturated heterocycles. The second-order valence-electron chi connectivity index (χ2n) is 4.76. The molecular formula is C14H25N3O2S. The number of nitrogens with zero attached hydrogens (tertiary/aromatic N) is 2.